The van der Waals surface area contributed by atoms with Crippen LogP contribution in [-0.4, -0.2) is 4.92 Å². The highest BCUT2D eigenvalue weighted by Gasteiger charge is 2.12. The van der Waals surface area contributed by atoms with E-state index in [0.29, 0.717) is 5.56 Å². The fraction of sp³-hybridized carbons (Fsp3) is 0.125. The van der Waals surface area contributed by atoms with Crippen LogP contribution in [0.3, 0.4) is 0 Å². The highest BCUT2D eigenvalue weighted by atomic mass is 19.1. The number of hydrogen-bond donors (Lipinski definition) is 0. The number of nitrogens with zero attached hydrogens (tertiary/aromatic N) is 1. The first kappa shape index (κ1) is 8.64. The molecule has 1 rings (SSSR count). The summed E-state index contributed by atoms with van der Waals surface area (Å²) in [6.07, 6.45) is 0. The van der Waals surface area contributed by atoms with Gasteiger partial charge >= 0.3 is 0 Å². The monoisotopic (exact) mass is 168 g/mol. The van der Waals surface area contributed by atoms with Crippen molar-refractivity contribution in [1.29, 1.82) is 0 Å². The van der Waals surface area contributed by atoms with Gasteiger partial charge in [0.25, 0.3) is 5.69 Å². The third kappa shape index (κ3) is 1.42. The summed E-state index contributed by atoms with van der Waals surface area (Å²) in [6.45, 7) is 4.97. The molecule has 0 saturated carbocycles. The van der Waals surface area contributed by atoms with Crippen molar-refractivity contribution in [2.45, 2.75) is 6.92 Å². The molecule has 0 amide bonds. The van der Waals surface area contributed by atoms with Crippen LogP contribution in [0.4, 0.5) is 10.1 Å². The molecule has 63 valence electrons. The van der Waals surface area contributed by atoms with Gasteiger partial charge in [0.15, 0.2) is 0 Å². The standard InChI is InChI=1S/C8H7FNO2/c1-5-3-6(2)8(10(11)12)4-7(5)9/h3-4H,2H2,1H3. The Morgan fingerprint density at radius 1 is 1.58 bits per heavy atom. The van der Waals surface area contributed by atoms with Gasteiger partial charge in [-0.15, -0.1) is 0 Å². The molecule has 12 heavy (non-hydrogen) atoms. The van der Waals surface area contributed by atoms with E-state index in [1.54, 1.807) is 0 Å². The van der Waals surface area contributed by atoms with Crippen LogP contribution in [0, 0.1) is 29.8 Å². The molecule has 0 fully saturated rings. The Morgan fingerprint density at radius 3 is 2.67 bits per heavy atom. The van der Waals surface area contributed by atoms with Gasteiger partial charge in [-0.1, -0.05) is 0 Å². The highest BCUT2D eigenvalue weighted by molar-refractivity contribution is 5.44. The van der Waals surface area contributed by atoms with E-state index in [4.69, 9.17) is 0 Å². The average molecular weight is 168 g/mol. The minimum absolute atomic E-state index is 0.235. The number of aryl methyl sites for hydroxylation is 1. The number of halogens is 1. The summed E-state index contributed by atoms with van der Waals surface area (Å²) in [5.41, 5.74) is 0.322. The van der Waals surface area contributed by atoms with E-state index in [2.05, 4.69) is 6.92 Å². The van der Waals surface area contributed by atoms with Crippen LogP contribution in [0.15, 0.2) is 12.1 Å². The van der Waals surface area contributed by atoms with Crippen molar-refractivity contribution < 1.29 is 9.31 Å². The van der Waals surface area contributed by atoms with E-state index in [1.807, 2.05) is 0 Å². The molecule has 4 heteroatoms. The maximum Gasteiger partial charge on any atom is 0.275 e. The van der Waals surface area contributed by atoms with Gasteiger partial charge in [0.1, 0.15) is 5.82 Å². The summed E-state index contributed by atoms with van der Waals surface area (Å²) < 4.78 is 12.8. The van der Waals surface area contributed by atoms with E-state index in [9.17, 15) is 14.5 Å². The molecule has 0 saturated heterocycles. The van der Waals surface area contributed by atoms with Gasteiger partial charge in [-0.3, -0.25) is 10.1 Å². The van der Waals surface area contributed by atoms with E-state index >= 15 is 0 Å². The normalized spacial score (nSPS) is 9.92. The molecule has 1 aromatic carbocycles. The number of benzene rings is 1. The van der Waals surface area contributed by atoms with E-state index < -0.39 is 10.7 Å². The lowest BCUT2D eigenvalue weighted by Gasteiger charge is -1.99. The second-order valence-corrected chi connectivity index (χ2v) is 2.49. The van der Waals surface area contributed by atoms with E-state index in [-0.39, 0.29) is 11.3 Å². The predicted molar refractivity (Wildman–Crippen MR) is 42.3 cm³/mol. The fourth-order valence-corrected chi connectivity index (χ4v) is 0.901. The number of nitro groups is 1. The van der Waals surface area contributed by atoms with Gasteiger partial charge < -0.3 is 0 Å². The number of rotatable bonds is 1. The largest absolute Gasteiger partial charge is 0.275 e. The van der Waals surface area contributed by atoms with Crippen LogP contribution in [-0.2, 0) is 0 Å². The first-order valence-corrected chi connectivity index (χ1v) is 3.29. The molecule has 0 aliphatic carbocycles. The summed E-state index contributed by atoms with van der Waals surface area (Å²) in [4.78, 5) is 9.64. The Bertz CT molecular complexity index is 336. The first-order valence-electron chi connectivity index (χ1n) is 3.29. The van der Waals surface area contributed by atoms with Crippen LogP contribution in [0.5, 0.6) is 0 Å². The maximum atomic E-state index is 12.8. The predicted octanol–water partition coefficient (Wildman–Crippen LogP) is 2.22. The third-order valence-corrected chi connectivity index (χ3v) is 1.56. The molecule has 0 unspecified atom stereocenters. The molecule has 0 heterocycles. The van der Waals surface area contributed by atoms with Crippen LogP contribution < -0.4 is 0 Å². The summed E-state index contributed by atoms with van der Waals surface area (Å²) in [7, 11) is 0. The summed E-state index contributed by atoms with van der Waals surface area (Å²) >= 11 is 0. The van der Waals surface area contributed by atoms with Crippen molar-refractivity contribution in [1.82, 2.24) is 0 Å². The maximum absolute atomic E-state index is 12.8. The molecule has 0 spiro atoms. The fourth-order valence-electron chi connectivity index (χ4n) is 0.901. The Hall–Kier alpha value is -1.45. The molecule has 0 aromatic heterocycles. The van der Waals surface area contributed by atoms with Gasteiger partial charge in [0, 0.05) is 5.56 Å². The highest BCUT2D eigenvalue weighted by Crippen LogP contribution is 2.20. The molecule has 1 radical (unpaired) electrons. The topological polar surface area (TPSA) is 43.1 Å². The summed E-state index contributed by atoms with van der Waals surface area (Å²) in [6, 6.07) is 2.24. The van der Waals surface area contributed by atoms with Gasteiger partial charge in [-0.2, -0.15) is 0 Å². The van der Waals surface area contributed by atoms with Crippen molar-refractivity contribution in [3.63, 3.8) is 0 Å². The van der Waals surface area contributed by atoms with E-state index in [1.165, 1.54) is 13.0 Å². The van der Waals surface area contributed by atoms with Crippen molar-refractivity contribution in [3.8, 4) is 0 Å². The van der Waals surface area contributed by atoms with Crippen LogP contribution >= 0.6 is 0 Å². The molecule has 3 nitrogen and oxygen atoms in total. The van der Waals surface area contributed by atoms with Crippen molar-refractivity contribution in [2.75, 3.05) is 0 Å². The Labute approximate surface area is 69.0 Å². The zero-order valence-corrected chi connectivity index (χ0v) is 6.50. The lowest BCUT2D eigenvalue weighted by atomic mass is 10.1. The first-order chi connectivity index (χ1) is 5.52. The van der Waals surface area contributed by atoms with Gasteiger partial charge in [-0.25, -0.2) is 4.39 Å². The van der Waals surface area contributed by atoms with Crippen LogP contribution in [0.25, 0.3) is 0 Å². The van der Waals surface area contributed by atoms with Crippen molar-refractivity contribution in [3.05, 3.63) is 46.1 Å². The van der Waals surface area contributed by atoms with Gasteiger partial charge in [0.2, 0.25) is 0 Å². The molecule has 0 aliphatic rings. The van der Waals surface area contributed by atoms with E-state index in [0.717, 1.165) is 6.07 Å². The lowest BCUT2D eigenvalue weighted by molar-refractivity contribution is -0.385. The zero-order chi connectivity index (χ0) is 9.30. The van der Waals surface area contributed by atoms with Gasteiger partial charge in [-0.05, 0) is 25.5 Å². The molecule has 1 aromatic rings. The van der Waals surface area contributed by atoms with Crippen LogP contribution in [0.2, 0.25) is 0 Å². The second-order valence-electron chi connectivity index (χ2n) is 2.49. The molecule has 0 aliphatic heterocycles. The number of nitro benzene ring substituents is 1. The smallest absolute Gasteiger partial charge is 0.258 e. The summed E-state index contributed by atoms with van der Waals surface area (Å²) in [5.74, 6) is -0.575. The summed E-state index contributed by atoms with van der Waals surface area (Å²) in [5, 5.41) is 10.3. The quantitative estimate of drug-likeness (QED) is 0.476. The SMILES string of the molecule is [CH2]c1cc(C)c(F)cc1[N+](=O)[O-]. The second kappa shape index (κ2) is 2.89. The van der Waals surface area contributed by atoms with Crippen LogP contribution in [0.1, 0.15) is 11.1 Å². The Balaban J connectivity index is 3.33. The van der Waals surface area contributed by atoms with Crippen molar-refractivity contribution in [2.24, 2.45) is 0 Å². The zero-order valence-electron chi connectivity index (χ0n) is 6.50. The minimum Gasteiger partial charge on any atom is -0.258 e. The molecule has 0 N–H and O–H groups in total. The minimum atomic E-state index is -0.648. The molecule has 0 bridgehead atoms. The molecular weight excluding hydrogens is 161 g/mol. The van der Waals surface area contributed by atoms with Gasteiger partial charge in [0.05, 0.1) is 11.0 Å². The Kier molecular flexibility index (Phi) is 2.08. The third-order valence-electron chi connectivity index (χ3n) is 1.56. The number of hydrogen-bond acceptors (Lipinski definition) is 2. The Morgan fingerprint density at radius 2 is 2.17 bits per heavy atom. The lowest BCUT2D eigenvalue weighted by Crippen LogP contribution is -1.94. The molecule has 0 atom stereocenters. The van der Waals surface area contributed by atoms with Crippen molar-refractivity contribution >= 4 is 5.69 Å². The molecular formula is C8H7FNO2. The average Bonchev–Trinajstić information content (AvgIpc) is 1.96.